The Labute approximate surface area is 264 Å². The van der Waals surface area contributed by atoms with E-state index in [0.717, 1.165) is 41.4 Å². The van der Waals surface area contributed by atoms with Gasteiger partial charge in [0.1, 0.15) is 11.6 Å². The summed E-state index contributed by atoms with van der Waals surface area (Å²) in [5, 5.41) is 22.2. The van der Waals surface area contributed by atoms with Gasteiger partial charge in [-0.15, -0.1) is 0 Å². The number of nitro benzene ring substituents is 1. The van der Waals surface area contributed by atoms with E-state index < -0.39 is 4.92 Å². The van der Waals surface area contributed by atoms with Crippen LogP contribution < -0.4 is 0 Å². The lowest BCUT2D eigenvalue weighted by molar-refractivity contribution is -0.384. The summed E-state index contributed by atoms with van der Waals surface area (Å²) in [4.78, 5) is 19.9. The largest absolute Gasteiger partial charge is 0.508 e. The minimum absolute atomic E-state index is 0.0339. The zero-order valence-electron chi connectivity index (χ0n) is 26.6. The Morgan fingerprint density at radius 2 is 1.80 bits per heavy atom. The molecule has 0 saturated heterocycles. The molecule has 3 atom stereocenters. The number of aromatic nitrogens is 2. The van der Waals surface area contributed by atoms with Crippen molar-refractivity contribution in [2.45, 2.75) is 77.6 Å². The first kappa shape index (κ1) is 29.3. The van der Waals surface area contributed by atoms with Crippen LogP contribution in [-0.4, -0.2) is 20.0 Å². The monoisotopic (exact) mass is 599 g/mol. The van der Waals surface area contributed by atoms with Crippen LogP contribution in [0, 0.1) is 21.4 Å². The zero-order valence-corrected chi connectivity index (χ0v) is 26.6. The van der Waals surface area contributed by atoms with Crippen LogP contribution in [0.25, 0.3) is 33.5 Å². The van der Waals surface area contributed by atoms with Gasteiger partial charge in [-0.25, -0.2) is 4.98 Å². The van der Waals surface area contributed by atoms with Crippen molar-refractivity contribution in [2.75, 3.05) is 0 Å². The molecule has 5 aromatic rings. The molecule has 1 aromatic heterocycles. The van der Waals surface area contributed by atoms with Gasteiger partial charge in [0.2, 0.25) is 0 Å². The maximum absolute atomic E-state index is 11.9. The van der Waals surface area contributed by atoms with Crippen LogP contribution in [0.15, 0.2) is 78.9 Å². The number of nitrogens with one attached hydrogen (secondary N) is 1. The van der Waals surface area contributed by atoms with Gasteiger partial charge in [-0.3, -0.25) is 10.1 Å². The molecule has 2 N–H and O–H groups in total. The molecule has 4 aromatic carbocycles. The van der Waals surface area contributed by atoms with Gasteiger partial charge >= 0.3 is 0 Å². The molecule has 230 valence electrons. The quantitative estimate of drug-likeness (QED) is 0.150. The SMILES string of the molecule is CC(C)c1ccc2c(c1)CC[C@H]1[C@@](C)(Cc3c(-c4ccccc4)ccc4[nH]c(-c5cc(O)ccc5[N+](=O)[O-])nc34)CCC[C@]21C. The number of phenols is 1. The molecule has 1 saturated carbocycles. The first-order chi connectivity index (χ1) is 21.6. The van der Waals surface area contributed by atoms with E-state index in [0.29, 0.717) is 17.7 Å². The molecule has 0 radical (unpaired) electrons. The number of aryl methyl sites for hydroxylation is 1. The number of benzene rings is 4. The normalized spacial score (nSPS) is 22.7. The standard InChI is InChI=1S/C39H41N3O3/c1-24(2)26-11-15-32-27(21-26)12-18-35-38(3,19-8-20-39(32,35)4)23-31-29(25-9-6-5-7-10-25)14-16-33-36(31)41-37(40-33)30-22-28(43)13-17-34(30)42(44)45/h5-7,9-11,13-17,21-22,24,35,43H,8,12,18-20,23H2,1-4H3,(H,40,41)/t35-,38+,39+/m0/s1. The third-order valence-corrected chi connectivity index (χ3v) is 11.0. The molecule has 0 bridgehead atoms. The van der Waals surface area contributed by atoms with Crippen molar-refractivity contribution >= 4 is 16.7 Å². The van der Waals surface area contributed by atoms with E-state index in [1.165, 1.54) is 59.7 Å². The summed E-state index contributed by atoms with van der Waals surface area (Å²) in [6, 6.07) is 26.0. The number of aromatic hydroxyl groups is 1. The van der Waals surface area contributed by atoms with Crippen molar-refractivity contribution in [1.29, 1.82) is 0 Å². The Morgan fingerprint density at radius 3 is 2.56 bits per heavy atom. The molecular formula is C39H41N3O3. The van der Waals surface area contributed by atoms with Gasteiger partial charge < -0.3 is 10.1 Å². The fourth-order valence-corrected chi connectivity index (χ4v) is 8.82. The van der Waals surface area contributed by atoms with Crippen LogP contribution >= 0.6 is 0 Å². The van der Waals surface area contributed by atoms with Crippen molar-refractivity contribution in [3.63, 3.8) is 0 Å². The van der Waals surface area contributed by atoms with E-state index in [9.17, 15) is 15.2 Å². The highest BCUT2D eigenvalue weighted by Crippen LogP contribution is 2.59. The number of imidazole rings is 1. The average molecular weight is 600 g/mol. The number of fused-ring (bicyclic) bond motifs is 4. The maximum atomic E-state index is 11.9. The molecule has 0 amide bonds. The van der Waals surface area contributed by atoms with Crippen LogP contribution in [0.4, 0.5) is 5.69 Å². The molecule has 0 aliphatic heterocycles. The summed E-state index contributed by atoms with van der Waals surface area (Å²) in [7, 11) is 0. The molecule has 6 nitrogen and oxygen atoms in total. The minimum atomic E-state index is -0.423. The maximum Gasteiger partial charge on any atom is 0.280 e. The molecule has 1 heterocycles. The molecule has 1 fully saturated rings. The Hall–Kier alpha value is -4.45. The zero-order chi connectivity index (χ0) is 31.5. The van der Waals surface area contributed by atoms with Crippen molar-refractivity contribution in [3.8, 4) is 28.3 Å². The van der Waals surface area contributed by atoms with Gasteiger partial charge in [0.25, 0.3) is 5.69 Å². The Bertz CT molecular complexity index is 1930. The third-order valence-electron chi connectivity index (χ3n) is 11.0. The second-order valence-corrected chi connectivity index (χ2v) is 14.2. The number of nitro groups is 1. The molecule has 0 spiro atoms. The molecule has 0 unspecified atom stereocenters. The minimum Gasteiger partial charge on any atom is -0.508 e. The lowest BCUT2D eigenvalue weighted by atomic mass is 9.48. The first-order valence-corrected chi connectivity index (χ1v) is 16.3. The van der Waals surface area contributed by atoms with Gasteiger partial charge in [0, 0.05) is 6.07 Å². The number of aromatic amines is 1. The number of phenolic OH excluding ortho intramolecular Hbond substituents is 1. The van der Waals surface area contributed by atoms with Crippen LogP contribution in [0.1, 0.15) is 81.5 Å². The second-order valence-electron chi connectivity index (χ2n) is 14.2. The van der Waals surface area contributed by atoms with Gasteiger partial charge in [-0.05, 0) is 106 Å². The van der Waals surface area contributed by atoms with Crippen molar-refractivity contribution in [2.24, 2.45) is 11.3 Å². The van der Waals surface area contributed by atoms with Crippen LogP contribution in [0.3, 0.4) is 0 Å². The highest BCUT2D eigenvalue weighted by atomic mass is 16.6. The highest BCUT2D eigenvalue weighted by molar-refractivity contribution is 5.90. The fourth-order valence-electron chi connectivity index (χ4n) is 8.82. The Balaban J connectivity index is 1.37. The van der Waals surface area contributed by atoms with Crippen LogP contribution in [0.5, 0.6) is 5.75 Å². The van der Waals surface area contributed by atoms with Gasteiger partial charge in [0.05, 0.1) is 21.5 Å². The second kappa shape index (κ2) is 10.9. The van der Waals surface area contributed by atoms with E-state index in [2.05, 4.69) is 81.2 Å². The first-order valence-electron chi connectivity index (χ1n) is 16.3. The topological polar surface area (TPSA) is 92.0 Å². The summed E-state index contributed by atoms with van der Waals surface area (Å²) in [6.45, 7) is 9.55. The summed E-state index contributed by atoms with van der Waals surface area (Å²) in [5.74, 6) is 1.40. The van der Waals surface area contributed by atoms with Crippen molar-refractivity contribution in [3.05, 3.63) is 111 Å². The predicted molar refractivity (Wildman–Crippen MR) is 181 cm³/mol. The van der Waals surface area contributed by atoms with Crippen molar-refractivity contribution in [1.82, 2.24) is 9.97 Å². The molecule has 2 aliphatic carbocycles. The Kier molecular flexibility index (Phi) is 7.07. The molecule has 6 heteroatoms. The van der Waals surface area contributed by atoms with E-state index in [-0.39, 0.29) is 27.8 Å². The number of H-pyrrole nitrogens is 1. The van der Waals surface area contributed by atoms with Crippen molar-refractivity contribution < 1.29 is 10.0 Å². The van der Waals surface area contributed by atoms with Gasteiger partial charge in [-0.1, -0.05) is 88.7 Å². The highest BCUT2D eigenvalue weighted by Gasteiger charge is 2.52. The Morgan fingerprint density at radius 1 is 1.00 bits per heavy atom. The lowest BCUT2D eigenvalue weighted by Crippen LogP contribution is -2.50. The van der Waals surface area contributed by atoms with Gasteiger partial charge in [0.15, 0.2) is 0 Å². The summed E-state index contributed by atoms with van der Waals surface area (Å²) in [6.07, 6.45) is 6.65. The van der Waals surface area contributed by atoms with E-state index >= 15 is 0 Å². The molecule has 2 aliphatic rings. The number of rotatable bonds is 6. The number of hydrogen-bond donors (Lipinski definition) is 2. The summed E-state index contributed by atoms with van der Waals surface area (Å²) >= 11 is 0. The van der Waals surface area contributed by atoms with Gasteiger partial charge in [-0.2, -0.15) is 0 Å². The average Bonchev–Trinajstić information content (AvgIpc) is 3.46. The van der Waals surface area contributed by atoms with E-state index in [1.54, 1.807) is 0 Å². The lowest BCUT2D eigenvalue weighted by Gasteiger charge is -2.56. The number of nitrogens with zero attached hydrogens (tertiary/aromatic N) is 2. The van der Waals surface area contributed by atoms with Crippen LogP contribution in [-0.2, 0) is 18.3 Å². The molecule has 7 rings (SSSR count). The summed E-state index contributed by atoms with van der Waals surface area (Å²) < 4.78 is 0. The van der Waals surface area contributed by atoms with E-state index in [4.69, 9.17) is 4.98 Å². The number of hydrogen-bond acceptors (Lipinski definition) is 4. The fraction of sp³-hybridized carbons (Fsp3) is 0.359. The summed E-state index contributed by atoms with van der Waals surface area (Å²) in [5.41, 5.74) is 9.98. The van der Waals surface area contributed by atoms with Crippen LogP contribution in [0.2, 0.25) is 0 Å². The smallest absolute Gasteiger partial charge is 0.280 e. The predicted octanol–water partition coefficient (Wildman–Crippen LogP) is 9.89. The third kappa shape index (κ3) is 4.91. The van der Waals surface area contributed by atoms with E-state index in [1.807, 2.05) is 12.1 Å². The molecule has 45 heavy (non-hydrogen) atoms. The molecular weight excluding hydrogens is 558 g/mol.